The molecule has 2 atom stereocenters. The zero-order valence-corrected chi connectivity index (χ0v) is 11.6. The van der Waals surface area contributed by atoms with E-state index in [-0.39, 0.29) is 16.9 Å². The SMILES string of the molecule is CCC1CN(S(=O)(=O)c2cncc(F)c2)CCC1N. The zero-order valence-electron chi connectivity index (χ0n) is 10.8. The van der Waals surface area contributed by atoms with E-state index in [1.807, 2.05) is 6.92 Å². The Morgan fingerprint density at radius 2 is 2.26 bits per heavy atom. The Morgan fingerprint density at radius 1 is 1.53 bits per heavy atom. The number of pyridine rings is 1. The molecule has 0 aromatic carbocycles. The van der Waals surface area contributed by atoms with Gasteiger partial charge in [-0.15, -0.1) is 0 Å². The molecule has 1 aromatic rings. The maximum absolute atomic E-state index is 13.1. The summed E-state index contributed by atoms with van der Waals surface area (Å²) in [5.41, 5.74) is 5.96. The van der Waals surface area contributed by atoms with Crippen LogP contribution in [0.1, 0.15) is 19.8 Å². The van der Waals surface area contributed by atoms with Crippen molar-refractivity contribution in [1.82, 2.24) is 9.29 Å². The Kier molecular flexibility index (Phi) is 4.17. The van der Waals surface area contributed by atoms with Crippen LogP contribution in [0.2, 0.25) is 0 Å². The molecular formula is C12H18FN3O2S. The normalized spacial score (nSPS) is 25.4. The molecule has 2 N–H and O–H groups in total. The number of aromatic nitrogens is 1. The van der Waals surface area contributed by atoms with Gasteiger partial charge in [0.1, 0.15) is 10.7 Å². The van der Waals surface area contributed by atoms with Crippen LogP contribution in [0.4, 0.5) is 4.39 Å². The number of hydrogen-bond acceptors (Lipinski definition) is 4. The molecule has 7 heteroatoms. The lowest BCUT2D eigenvalue weighted by molar-refractivity contribution is 0.230. The Hall–Kier alpha value is -1.05. The summed E-state index contributed by atoms with van der Waals surface area (Å²) in [5.74, 6) is -0.508. The van der Waals surface area contributed by atoms with Crippen LogP contribution in [0.15, 0.2) is 23.4 Å². The summed E-state index contributed by atoms with van der Waals surface area (Å²) in [6.07, 6.45) is 3.61. The van der Waals surface area contributed by atoms with Gasteiger partial charge in [-0.1, -0.05) is 13.3 Å². The number of hydrogen-bond donors (Lipinski definition) is 1. The Labute approximate surface area is 112 Å². The van der Waals surface area contributed by atoms with E-state index in [1.165, 1.54) is 10.5 Å². The summed E-state index contributed by atoms with van der Waals surface area (Å²) >= 11 is 0. The molecule has 5 nitrogen and oxygen atoms in total. The summed E-state index contributed by atoms with van der Waals surface area (Å²) in [6, 6.07) is 1.03. The molecular weight excluding hydrogens is 269 g/mol. The third-order valence-electron chi connectivity index (χ3n) is 3.60. The Bertz CT molecular complexity index is 550. The third-order valence-corrected chi connectivity index (χ3v) is 5.43. The van der Waals surface area contributed by atoms with E-state index in [0.29, 0.717) is 19.5 Å². The molecule has 2 rings (SSSR count). The highest BCUT2D eigenvalue weighted by Gasteiger charge is 2.33. The summed E-state index contributed by atoms with van der Waals surface area (Å²) in [7, 11) is -3.68. The highest BCUT2D eigenvalue weighted by molar-refractivity contribution is 7.89. The fraction of sp³-hybridized carbons (Fsp3) is 0.583. The van der Waals surface area contributed by atoms with Crippen molar-refractivity contribution in [1.29, 1.82) is 0 Å². The van der Waals surface area contributed by atoms with E-state index in [4.69, 9.17) is 5.73 Å². The standard InChI is InChI=1S/C12H18FN3O2S/c1-2-9-8-16(4-3-12(9)14)19(17,18)11-5-10(13)6-15-7-11/h5-7,9,12H,2-4,8,14H2,1H3. The predicted molar refractivity (Wildman–Crippen MR) is 69.3 cm³/mol. The largest absolute Gasteiger partial charge is 0.327 e. The Morgan fingerprint density at radius 3 is 2.89 bits per heavy atom. The van der Waals surface area contributed by atoms with Crippen LogP contribution in [-0.2, 0) is 10.0 Å². The minimum atomic E-state index is -3.68. The molecule has 106 valence electrons. The van der Waals surface area contributed by atoms with Gasteiger partial charge in [-0.2, -0.15) is 4.31 Å². The van der Waals surface area contributed by atoms with Crippen molar-refractivity contribution in [2.24, 2.45) is 11.7 Å². The van der Waals surface area contributed by atoms with Gasteiger partial charge in [-0.05, 0) is 18.4 Å². The monoisotopic (exact) mass is 287 g/mol. The number of nitrogens with two attached hydrogens (primary N) is 1. The topological polar surface area (TPSA) is 76.3 Å². The fourth-order valence-electron chi connectivity index (χ4n) is 2.35. The number of rotatable bonds is 3. The van der Waals surface area contributed by atoms with Crippen LogP contribution < -0.4 is 5.73 Å². The summed E-state index contributed by atoms with van der Waals surface area (Å²) in [5, 5.41) is 0. The van der Waals surface area contributed by atoms with Gasteiger partial charge in [-0.3, -0.25) is 4.98 Å². The van der Waals surface area contributed by atoms with Crippen LogP contribution in [0.3, 0.4) is 0 Å². The molecule has 1 aliphatic heterocycles. The molecule has 1 aromatic heterocycles. The van der Waals surface area contributed by atoms with Gasteiger partial charge in [0, 0.05) is 25.3 Å². The number of nitrogens with zero attached hydrogens (tertiary/aromatic N) is 2. The second kappa shape index (κ2) is 5.52. The minimum absolute atomic E-state index is 0.0297. The van der Waals surface area contributed by atoms with Crippen molar-refractivity contribution >= 4 is 10.0 Å². The van der Waals surface area contributed by atoms with E-state index in [1.54, 1.807) is 0 Å². The van der Waals surface area contributed by atoms with Crippen LogP contribution >= 0.6 is 0 Å². The summed E-state index contributed by atoms with van der Waals surface area (Å²) < 4.78 is 39.3. The maximum Gasteiger partial charge on any atom is 0.244 e. The highest BCUT2D eigenvalue weighted by Crippen LogP contribution is 2.24. The quantitative estimate of drug-likeness (QED) is 0.898. The van der Waals surface area contributed by atoms with E-state index >= 15 is 0 Å². The van der Waals surface area contributed by atoms with Gasteiger partial charge in [0.2, 0.25) is 10.0 Å². The van der Waals surface area contributed by atoms with Crippen molar-refractivity contribution in [3.8, 4) is 0 Å². The first-order valence-corrected chi connectivity index (χ1v) is 7.75. The van der Waals surface area contributed by atoms with Gasteiger partial charge in [0.05, 0.1) is 6.20 Å². The smallest absolute Gasteiger partial charge is 0.244 e. The molecule has 0 bridgehead atoms. The average Bonchev–Trinajstić information content (AvgIpc) is 2.39. The molecule has 2 unspecified atom stereocenters. The van der Waals surface area contributed by atoms with Crippen molar-refractivity contribution < 1.29 is 12.8 Å². The lowest BCUT2D eigenvalue weighted by atomic mass is 9.92. The van der Waals surface area contributed by atoms with E-state index < -0.39 is 15.8 Å². The molecule has 1 fully saturated rings. The van der Waals surface area contributed by atoms with Gasteiger partial charge in [0.25, 0.3) is 0 Å². The highest BCUT2D eigenvalue weighted by atomic mass is 32.2. The van der Waals surface area contributed by atoms with Crippen molar-refractivity contribution in [3.63, 3.8) is 0 Å². The lowest BCUT2D eigenvalue weighted by Gasteiger charge is -2.35. The molecule has 1 aliphatic rings. The van der Waals surface area contributed by atoms with Gasteiger partial charge in [-0.25, -0.2) is 12.8 Å². The molecule has 1 saturated heterocycles. The maximum atomic E-state index is 13.1. The van der Waals surface area contributed by atoms with E-state index in [0.717, 1.165) is 18.7 Å². The number of halogens is 1. The first-order valence-electron chi connectivity index (χ1n) is 6.31. The second-order valence-corrected chi connectivity index (χ2v) is 6.76. The lowest BCUT2D eigenvalue weighted by Crippen LogP contribution is -2.48. The third kappa shape index (κ3) is 2.93. The van der Waals surface area contributed by atoms with Gasteiger partial charge < -0.3 is 5.73 Å². The first kappa shape index (κ1) is 14.4. The number of sulfonamides is 1. The molecule has 0 aliphatic carbocycles. The van der Waals surface area contributed by atoms with Crippen LogP contribution in [0, 0.1) is 11.7 Å². The fourth-order valence-corrected chi connectivity index (χ4v) is 3.84. The van der Waals surface area contributed by atoms with Crippen molar-refractivity contribution in [3.05, 3.63) is 24.3 Å². The molecule has 2 heterocycles. The second-order valence-electron chi connectivity index (χ2n) is 4.82. The molecule has 19 heavy (non-hydrogen) atoms. The van der Waals surface area contributed by atoms with Crippen LogP contribution in [0.5, 0.6) is 0 Å². The van der Waals surface area contributed by atoms with Gasteiger partial charge in [0.15, 0.2) is 0 Å². The average molecular weight is 287 g/mol. The van der Waals surface area contributed by atoms with Crippen molar-refractivity contribution in [2.75, 3.05) is 13.1 Å². The molecule has 0 radical (unpaired) electrons. The van der Waals surface area contributed by atoms with Crippen molar-refractivity contribution in [2.45, 2.75) is 30.7 Å². The van der Waals surface area contributed by atoms with E-state index in [2.05, 4.69) is 4.98 Å². The Balaban J connectivity index is 2.25. The first-order chi connectivity index (χ1) is 8.95. The molecule has 0 saturated carbocycles. The predicted octanol–water partition coefficient (Wildman–Crippen LogP) is 0.969. The van der Waals surface area contributed by atoms with E-state index in [9.17, 15) is 12.8 Å². The minimum Gasteiger partial charge on any atom is -0.327 e. The molecule has 0 amide bonds. The summed E-state index contributed by atoms with van der Waals surface area (Å²) in [6.45, 7) is 2.75. The van der Waals surface area contributed by atoms with Gasteiger partial charge >= 0.3 is 0 Å². The summed E-state index contributed by atoms with van der Waals surface area (Å²) in [4.78, 5) is 3.49. The zero-order chi connectivity index (χ0) is 14.0. The molecule has 0 spiro atoms. The number of piperidine rings is 1. The van der Waals surface area contributed by atoms with Crippen LogP contribution in [-0.4, -0.2) is 36.8 Å². The van der Waals surface area contributed by atoms with Crippen LogP contribution in [0.25, 0.3) is 0 Å².